The quantitative estimate of drug-likeness (QED) is 0.788. The molecule has 0 fully saturated rings. The number of alkyl halides is 2. The number of thiazole rings is 1. The molecule has 0 aliphatic heterocycles. The first kappa shape index (κ1) is 14.6. The van der Waals surface area contributed by atoms with Crippen molar-refractivity contribution in [3.8, 4) is 5.75 Å². The van der Waals surface area contributed by atoms with Gasteiger partial charge in [-0.15, -0.1) is 11.3 Å². The Morgan fingerprint density at radius 1 is 1.30 bits per heavy atom. The van der Waals surface area contributed by atoms with Gasteiger partial charge in [0.25, 0.3) is 0 Å². The number of ketones is 1. The van der Waals surface area contributed by atoms with Gasteiger partial charge in [0.1, 0.15) is 10.8 Å². The van der Waals surface area contributed by atoms with E-state index in [0.29, 0.717) is 5.56 Å². The van der Waals surface area contributed by atoms with Crippen molar-refractivity contribution in [3.63, 3.8) is 0 Å². The lowest BCUT2D eigenvalue weighted by atomic mass is 10.1. The molecule has 0 atom stereocenters. The number of hydrogen-bond acceptors (Lipinski definition) is 4. The van der Waals surface area contributed by atoms with Crippen LogP contribution < -0.4 is 4.74 Å². The third kappa shape index (κ3) is 3.60. The van der Waals surface area contributed by atoms with Crippen molar-refractivity contribution in [2.24, 2.45) is 0 Å². The Kier molecular flexibility index (Phi) is 4.44. The normalized spacial score (nSPS) is 10.8. The van der Waals surface area contributed by atoms with Gasteiger partial charge in [-0.3, -0.25) is 4.79 Å². The average Bonchev–Trinajstić information content (AvgIpc) is 2.68. The fraction of sp³-hybridized carbons (Fsp3) is 0.286. The summed E-state index contributed by atoms with van der Waals surface area (Å²) in [7, 11) is 0. The van der Waals surface area contributed by atoms with Crippen molar-refractivity contribution >= 4 is 17.1 Å². The topological polar surface area (TPSA) is 39.2 Å². The molecule has 0 radical (unpaired) electrons. The zero-order chi connectivity index (χ0) is 14.7. The molecule has 106 valence electrons. The van der Waals surface area contributed by atoms with E-state index in [0.717, 1.165) is 15.6 Å². The maximum Gasteiger partial charge on any atom is 0.387 e. The molecular formula is C14H13F2NO2S. The molecule has 0 saturated carbocycles. The van der Waals surface area contributed by atoms with Gasteiger partial charge in [-0.2, -0.15) is 8.78 Å². The summed E-state index contributed by atoms with van der Waals surface area (Å²) in [6, 6.07) is 5.68. The zero-order valence-corrected chi connectivity index (χ0v) is 11.8. The molecule has 0 saturated heterocycles. The third-order valence-electron chi connectivity index (χ3n) is 2.79. The van der Waals surface area contributed by atoms with E-state index in [1.54, 1.807) is 0 Å². The van der Waals surface area contributed by atoms with Crippen LogP contribution in [0.15, 0.2) is 24.3 Å². The number of nitrogens with zero attached hydrogens (tertiary/aromatic N) is 1. The highest BCUT2D eigenvalue weighted by atomic mass is 32.1. The van der Waals surface area contributed by atoms with Crippen molar-refractivity contribution < 1.29 is 18.3 Å². The molecule has 6 heteroatoms. The van der Waals surface area contributed by atoms with E-state index in [1.807, 2.05) is 13.8 Å². The molecule has 3 nitrogen and oxygen atoms in total. The van der Waals surface area contributed by atoms with Crippen LogP contribution in [0.2, 0.25) is 0 Å². The Labute approximate surface area is 119 Å². The van der Waals surface area contributed by atoms with Gasteiger partial charge in [0, 0.05) is 10.4 Å². The smallest absolute Gasteiger partial charge is 0.387 e. The number of carbonyl (C=O) groups is 1. The molecule has 1 aromatic carbocycles. The van der Waals surface area contributed by atoms with Crippen LogP contribution in [-0.2, 0) is 6.42 Å². The van der Waals surface area contributed by atoms with Crippen molar-refractivity contribution in [3.05, 3.63) is 45.4 Å². The van der Waals surface area contributed by atoms with Crippen LogP contribution in [0.25, 0.3) is 0 Å². The maximum absolute atomic E-state index is 12.0. The first-order valence-electron chi connectivity index (χ1n) is 5.96. The van der Waals surface area contributed by atoms with E-state index >= 15 is 0 Å². The summed E-state index contributed by atoms with van der Waals surface area (Å²) in [6.07, 6.45) is 0.217. The predicted octanol–water partition coefficient (Wildman–Crippen LogP) is 3.79. The number of halogens is 2. The monoisotopic (exact) mass is 297 g/mol. The minimum atomic E-state index is -2.86. The molecule has 0 bridgehead atoms. The number of rotatable bonds is 5. The lowest BCUT2D eigenvalue weighted by Crippen LogP contribution is -2.05. The van der Waals surface area contributed by atoms with Crippen molar-refractivity contribution in [2.45, 2.75) is 26.9 Å². The number of ether oxygens (including phenoxy) is 1. The largest absolute Gasteiger partial charge is 0.435 e. The van der Waals surface area contributed by atoms with Crippen LogP contribution in [0, 0.1) is 13.8 Å². The summed E-state index contributed by atoms with van der Waals surface area (Å²) in [6.45, 7) is 0.992. The number of aryl methyl sites for hydroxylation is 2. The second-order valence-electron chi connectivity index (χ2n) is 4.25. The first-order valence-corrected chi connectivity index (χ1v) is 6.78. The minimum Gasteiger partial charge on any atom is -0.435 e. The molecule has 0 aliphatic carbocycles. The number of Topliss-reactive ketones (excluding diaryl/α,β-unsaturated/α-hetero) is 1. The van der Waals surface area contributed by atoms with Crippen LogP contribution in [-0.4, -0.2) is 17.4 Å². The lowest BCUT2D eigenvalue weighted by Gasteiger charge is -2.04. The van der Waals surface area contributed by atoms with Gasteiger partial charge in [-0.1, -0.05) is 0 Å². The van der Waals surface area contributed by atoms with Crippen LogP contribution in [0.1, 0.15) is 25.9 Å². The van der Waals surface area contributed by atoms with E-state index < -0.39 is 6.61 Å². The van der Waals surface area contributed by atoms with Gasteiger partial charge < -0.3 is 4.74 Å². The van der Waals surface area contributed by atoms with Gasteiger partial charge >= 0.3 is 6.61 Å². The zero-order valence-electron chi connectivity index (χ0n) is 11.0. The van der Waals surface area contributed by atoms with Crippen LogP contribution in [0.4, 0.5) is 8.78 Å². The fourth-order valence-electron chi connectivity index (χ4n) is 1.68. The number of benzene rings is 1. The highest BCUT2D eigenvalue weighted by molar-refractivity contribution is 7.11. The highest BCUT2D eigenvalue weighted by Gasteiger charge is 2.12. The van der Waals surface area contributed by atoms with E-state index in [2.05, 4.69) is 9.72 Å². The Bertz CT molecular complexity index is 589. The van der Waals surface area contributed by atoms with Crippen molar-refractivity contribution in [1.29, 1.82) is 0 Å². The Balaban J connectivity index is 2.05. The van der Waals surface area contributed by atoms with Crippen LogP contribution in [0.3, 0.4) is 0 Å². The summed E-state index contributed by atoms with van der Waals surface area (Å²) in [5.41, 5.74) is 1.38. The molecule has 1 heterocycles. The van der Waals surface area contributed by atoms with Crippen molar-refractivity contribution in [1.82, 2.24) is 4.98 Å². The Morgan fingerprint density at radius 2 is 1.95 bits per heavy atom. The molecular weight excluding hydrogens is 284 g/mol. The van der Waals surface area contributed by atoms with Gasteiger partial charge in [0.05, 0.1) is 12.1 Å². The van der Waals surface area contributed by atoms with E-state index in [1.165, 1.54) is 35.6 Å². The number of aromatic nitrogens is 1. The summed E-state index contributed by atoms with van der Waals surface area (Å²) in [4.78, 5) is 17.4. The first-order chi connectivity index (χ1) is 9.45. The number of carbonyl (C=O) groups excluding carboxylic acids is 1. The highest BCUT2D eigenvalue weighted by Crippen LogP contribution is 2.20. The lowest BCUT2D eigenvalue weighted by molar-refractivity contribution is -0.0498. The van der Waals surface area contributed by atoms with E-state index in [-0.39, 0.29) is 18.0 Å². The van der Waals surface area contributed by atoms with E-state index in [9.17, 15) is 13.6 Å². The molecule has 20 heavy (non-hydrogen) atoms. The van der Waals surface area contributed by atoms with Gasteiger partial charge in [0.15, 0.2) is 5.78 Å². The predicted molar refractivity (Wildman–Crippen MR) is 72.7 cm³/mol. The van der Waals surface area contributed by atoms with Crippen LogP contribution >= 0.6 is 11.3 Å². The summed E-state index contributed by atoms with van der Waals surface area (Å²) in [5.74, 6) is -0.0557. The van der Waals surface area contributed by atoms with Crippen molar-refractivity contribution in [2.75, 3.05) is 0 Å². The molecule has 0 N–H and O–H groups in total. The molecule has 0 amide bonds. The molecule has 2 aromatic rings. The third-order valence-corrected chi connectivity index (χ3v) is 3.86. The molecule has 1 aromatic heterocycles. The van der Waals surface area contributed by atoms with Gasteiger partial charge in [0.2, 0.25) is 0 Å². The minimum absolute atomic E-state index is 0.0393. The molecule has 0 spiro atoms. The Hall–Kier alpha value is -1.82. The second-order valence-corrected chi connectivity index (χ2v) is 5.54. The van der Waals surface area contributed by atoms with Gasteiger partial charge in [-0.25, -0.2) is 4.98 Å². The fourth-order valence-corrected chi connectivity index (χ4v) is 2.61. The molecule has 0 aliphatic rings. The SMILES string of the molecule is Cc1nc(CC(=O)c2ccc(OC(F)F)cc2)sc1C. The molecule has 2 rings (SSSR count). The molecule has 0 unspecified atom stereocenters. The Morgan fingerprint density at radius 3 is 2.45 bits per heavy atom. The van der Waals surface area contributed by atoms with E-state index in [4.69, 9.17) is 0 Å². The average molecular weight is 297 g/mol. The van der Waals surface area contributed by atoms with Gasteiger partial charge in [-0.05, 0) is 38.1 Å². The summed E-state index contributed by atoms with van der Waals surface area (Å²) >= 11 is 1.49. The maximum atomic E-state index is 12.0. The summed E-state index contributed by atoms with van der Waals surface area (Å²) < 4.78 is 28.3. The number of hydrogen-bond donors (Lipinski definition) is 0. The standard InChI is InChI=1S/C14H13F2NO2S/c1-8-9(2)20-13(17-8)7-12(18)10-3-5-11(6-4-10)19-14(15)16/h3-6,14H,7H2,1-2H3. The van der Waals surface area contributed by atoms with Crippen LogP contribution in [0.5, 0.6) is 5.75 Å². The second kappa shape index (κ2) is 6.09. The summed E-state index contributed by atoms with van der Waals surface area (Å²) in [5, 5.41) is 0.762.